The Bertz CT molecular complexity index is 380. The lowest BCUT2D eigenvalue weighted by atomic mass is 10.1. The van der Waals surface area contributed by atoms with E-state index in [1.165, 1.54) is 25.7 Å². The molecule has 0 atom stereocenters. The van der Waals surface area contributed by atoms with E-state index in [1.807, 2.05) is 0 Å². The monoisotopic (exact) mass is 250 g/mol. The minimum Gasteiger partial charge on any atom is -0.349 e. The van der Waals surface area contributed by atoms with Crippen LogP contribution >= 0.6 is 0 Å². The van der Waals surface area contributed by atoms with Crippen molar-refractivity contribution in [1.29, 1.82) is 0 Å². The van der Waals surface area contributed by atoms with E-state index >= 15 is 0 Å². The number of nitrogens with zero attached hydrogens (tertiary/aromatic N) is 2. The van der Waals surface area contributed by atoms with Gasteiger partial charge in [0.05, 0.1) is 18.3 Å². The van der Waals surface area contributed by atoms with Gasteiger partial charge in [0.25, 0.3) is 5.91 Å². The van der Waals surface area contributed by atoms with Crippen molar-refractivity contribution in [3.8, 4) is 0 Å². The maximum Gasteiger partial charge on any atom is 0.254 e. The number of nitrogens with two attached hydrogens (primary N) is 1. The van der Waals surface area contributed by atoms with Crippen LogP contribution in [0.15, 0.2) is 12.4 Å². The molecule has 1 aromatic heterocycles. The second-order valence-corrected chi connectivity index (χ2v) is 4.94. The van der Waals surface area contributed by atoms with Gasteiger partial charge < -0.3 is 11.1 Å². The summed E-state index contributed by atoms with van der Waals surface area (Å²) in [6, 6.07) is 0.331. The Morgan fingerprint density at radius 1 is 1.39 bits per heavy atom. The molecule has 0 radical (unpaired) electrons. The first-order valence-electron chi connectivity index (χ1n) is 6.83. The largest absolute Gasteiger partial charge is 0.349 e. The van der Waals surface area contributed by atoms with E-state index in [1.54, 1.807) is 17.1 Å². The van der Waals surface area contributed by atoms with Crippen molar-refractivity contribution in [2.45, 2.75) is 51.1 Å². The van der Waals surface area contributed by atoms with Crippen LogP contribution < -0.4 is 11.1 Å². The summed E-state index contributed by atoms with van der Waals surface area (Å²) in [5, 5.41) is 7.22. The molecule has 0 spiro atoms. The molecule has 1 heterocycles. The van der Waals surface area contributed by atoms with Crippen molar-refractivity contribution >= 4 is 5.91 Å². The molecule has 0 aliphatic heterocycles. The molecule has 3 N–H and O–H groups in total. The summed E-state index contributed by atoms with van der Waals surface area (Å²) >= 11 is 0. The molecule has 1 fully saturated rings. The summed E-state index contributed by atoms with van der Waals surface area (Å²) in [7, 11) is 0. The zero-order valence-electron chi connectivity index (χ0n) is 10.8. The number of carbonyl (C=O) groups is 1. The van der Waals surface area contributed by atoms with E-state index in [9.17, 15) is 4.79 Å². The number of amides is 1. The summed E-state index contributed by atoms with van der Waals surface area (Å²) in [5.41, 5.74) is 6.08. The average Bonchev–Trinajstić information content (AvgIpc) is 2.67. The van der Waals surface area contributed by atoms with Gasteiger partial charge in [-0.05, 0) is 12.8 Å². The van der Waals surface area contributed by atoms with Gasteiger partial charge in [-0.25, -0.2) is 0 Å². The van der Waals surface area contributed by atoms with Crippen LogP contribution in [0, 0.1) is 0 Å². The third-order valence-electron chi connectivity index (χ3n) is 3.44. The SMILES string of the molecule is NCCn1cc(C(=O)NC2CCCCCC2)cn1. The quantitative estimate of drug-likeness (QED) is 0.791. The minimum absolute atomic E-state index is 0.00910. The topological polar surface area (TPSA) is 72.9 Å². The third-order valence-corrected chi connectivity index (χ3v) is 3.44. The van der Waals surface area contributed by atoms with Crippen molar-refractivity contribution in [3.63, 3.8) is 0 Å². The van der Waals surface area contributed by atoms with E-state index in [0.717, 1.165) is 12.8 Å². The molecule has 0 saturated heterocycles. The van der Waals surface area contributed by atoms with Gasteiger partial charge in [0.15, 0.2) is 0 Å². The van der Waals surface area contributed by atoms with E-state index in [0.29, 0.717) is 24.7 Å². The Morgan fingerprint density at radius 3 is 2.78 bits per heavy atom. The van der Waals surface area contributed by atoms with Crippen LogP contribution in [0.3, 0.4) is 0 Å². The van der Waals surface area contributed by atoms with E-state index in [-0.39, 0.29) is 5.91 Å². The Kier molecular flexibility index (Phi) is 4.75. The molecule has 1 saturated carbocycles. The first-order valence-corrected chi connectivity index (χ1v) is 6.83. The van der Waals surface area contributed by atoms with Gasteiger partial charge in [0.2, 0.25) is 0 Å². The van der Waals surface area contributed by atoms with Crippen LogP contribution in [0.5, 0.6) is 0 Å². The standard InChI is InChI=1S/C13H22N4O/c14-7-8-17-10-11(9-15-17)13(18)16-12-5-3-1-2-4-6-12/h9-10,12H,1-8,14H2,(H,16,18). The second-order valence-electron chi connectivity index (χ2n) is 4.94. The normalized spacial score (nSPS) is 17.4. The highest BCUT2D eigenvalue weighted by Crippen LogP contribution is 2.17. The molecule has 1 aliphatic rings. The van der Waals surface area contributed by atoms with Crippen LogP contribution in [-0.2, 0) is 6.54 Å². The Hall–Kier alpha value is -1.36. The predicted molar refractivity (Wildman–Crippen MR) is 70.2 cm³/mol. The second kappa shape index (κ2) is 6.54. The van der Waals surface area contributed by atoms with Crippen molar-refractivity contribution in [2.24, 2.45) is 5.73 Å². The molecule has 18 heavy (non-hydrogen) atoms. The molecule has 1 amide bonds. The molecule has 0 bridgehead atoms. The molecule has 100 valence electrons. The van der Waals surface area contributed by atoms with Crippen molar-refractivity contribution in [3.05, 3.63) is 18.0 Å². The summed E-state index contributed by atoms with van der Waals surface area (Å²) in [5.74, 6) is -0.00910. The third kappa shape index (κ3) is 3.57. The summed E-state index contributed by atoms with van der Waals surface area (Å²) < 4.78 is 1.71. The molecular weight excluding hydrogens is 228 g/mol. The fraction of sp³-hybridized carbons (Fsp3) is 0.692. The highest BCUT2D eigenvalue weighted by molar-refractivity contribution is 5.93. The zero-order valence-corrected chi connectivity index (χ0v) is 10.8. The van der Waals surface area contributed by atoms with Crippen LogP contribution in [-0.4, -0.2) is 28.3 Å². The molecule has 0 aromatic carbocycles. The Morgan fingerprint density at radius 2 is 2.11 bits per heavy atom. The van der Waals surface area contributed by atoms with Crippen molar-refractivity contribution < 1.29 is 4.79 Å². The van der Waals surface area contributed by atoms with Gasteiger partial charge in [0.1, 0.15) is 0 Å². The van der Waals surface area contributed by atoms with Gasteiger partial charge in [-0.3, -0.25) is 9.48 Å². The highest BCUT2D eigenvalue weighted by Gasteiger charge is 2.16. The lowest BCUT2D eigenvalue weighted by molar-refractivity contribution is 0.0933. The first-order chi connectivity index (χ1) is 8.79. The maximum atomic E-state index is 12.0. The van der Waals surface area contributed by atoms with Gasteiger partial charge in [-0.15, -0.1) is 0 Å². The van der Waals surface area contributed by atoms with E-state index < -0.39 is 0 Å². The number of hydrogen-bond donors (Lipinski definition) is 2. The molecule has 1 aromatic rings. The number of carbonyl (C=O) groups excluding carboxylic acids is 1. The van der Waals surface area contributed by atoms with E-state index in [4.69, 9.17) is 5.73 Å². The maximum absolute atomic E-state index is 12.0. The number of hydrogen-bond acceptors (Lipinski definition) is 3. The van der Waals surface area contributed by atoms with Crippen molar-refractivity contribution in [1.82, 2.24) is 15.1 Å². The van der Waals surface area contributed by atoms with Crippen LogP contribution in [0.2, 0.25) is 0 Å². The van der Waals surface area contributed by atoms with Gasteiger partial charge in [-0.1, -0.05) is 25.7 Å². The van der Waals surface area contributed by atoms with Gasteiger partial charge >= 0.3 is 0 Å². The molecule has 0 unspecified atom stereocenters. The summed E-state index contributed by atoms with van der Waals surface area (Å²) in [6.45, 7) is 1.18. The molecule has 5 heteroatoms. The van der Waals surface area contributed by atoms with Gasteiger partial charge in [-0.2, -0.15) is 5.10 Å². The fourth-order valence-corrected chi connectivity index (χ4v) is 2.43. The smallest absolute Gasteiger partial charge is 0.254 e. The fourth-order valence-electron chi connectivity index (χ4n) is 2.43. The molecule has 5 nitrogen and oxygen atoms in total. The van der Waals surface area contributed by atoms with Gasteiger partial charge in [0, 0.05) is 18.8 Å². The van der Waals surface area contributed by atoms with Crippen molar-refractivity contribution in [2.75, 3.05) is 6.54 Å². The Balaban J connectivity index is 1.89. The molecular formula is C13H22N4O. The Labute approximate surface area is 108 Å². The van der Waals surface area contributed by atoms with E-state index in [2.05, 4.69) is 10.4 Å². The summed E-state index contributed by atoms with van der Waals surface area (Å²) in [6.07, 6.45) is 10.6. The molecule has 1 aliphatic carbocycles. The molecule has 2 rings (SSSR count). The lowest BCUT2D eigenvalue weighted by Gasteiger charge is -2.15. The average molecular weight is 250 g/mol. The zero-order chi connectivity index (χ0) is 12.8. The number of aromatic nitrogens is 2. The first kappa shape index (κ1) is 13.1. The lowest BCUT2D eigenvalue weighted by Crippen LogP contribution is -2.34. The highest BCUT2D eigenvalue weighted by atomic mass is 16.1. The van der Waals surface area contributed by atoms with Crippen LogP contribution in [0.1, 0.15) is 48.9 Å². The number of rotatable bonds is 4. The minimum atomic E-state index is -0.00910. The summed E-state index contributed by atoms with van der Waals surface area (Å²) in [4.78, 5) is 12.0. The predicted octanol–water partition coefficient (Wildman–Crippen LogP) is 1.29. The number of nitrogens with one attached hydrogen (secondary N) is 1. The van der Waals surface area contributed by atoms with Crippen LogP contribution in [0.4, 0.5) is 0 Å². The van der Waals surface area contributed by atoms with Crippen LogP contribution in [0.25, 0.3) is 0 Å².